The van der Waals surface area contributed by atoms with Crippen molar-refractivity contribution in [3.8, 4) is 11.5 Å². The number of nitrogens with zero attached hydrogens (tertiary/aromatic N) is 1. The molecule has 0 bridgehead atoms. The number of amides is 2. The number of hydrogen-bond donors (Lipinski definition) is 1. The summed E-state index contributed by atoms with van der Waals surface area (Å²) in [7, 11) is 1.50. The predicted molar refractivity (Wildman–Crippen MR) is 112 cm³/mol. The van der Waals surface area contributed by atoms with E-state index >= 15 is 0 Å². The normalized spacial score (nSPS) is 10.1. The van der Waals surface area contributed by atoms with Crippen molar-refractivity contribution in [3.63, 3.8) is 0 Å². The number of carbonyl (C=O) groups excluding carboxylic acids is 3. The van der Waals surface area contributed by atoms with Crippen LogP contribution in [0.2, 0.25) is 0 Å². The summed E-state index contributed by atoms with van der Waals surface area (Å²) in [5.41, 5.74) is 1.04. The van der Waals surface area contributed by atoms with Crippen molar-refractivity contribution in [2.24, 2.45) is 0 Å². The molecule has 0 heterocycles. The summed E-state index contributed by atoms with van der Waals surface area (Å²) in [4.78, 5) is 37.8. The second kappa shape index (κ2) is 11.5. The molecule has 30 heavy (non-hydrogen) atoms. The van der Waals surface area contributed by atoms with Crippen LogP contribution >= 0.6 is 0 Å². The smallest absolute Gasteiger partial charge is 0.344 e. The maximum Gasteiger partial charge on any atom is 0.344 e. The molecule has 2 rings (SSSR count). The molecule has 2 aromatic rings. The van der Waals surface area contributed by atoms with Crippen molar-refractivity contribution in [1.29, 1.82) is 0 Å². The molecule has 0 fully saturated rings. The topological polar surface area (TPSA) is 94.2 Å². The Kier molecular flexibility index (Phi) is 8.68. The summed E-state index contributed by atoms with van der Waals surface area (Å²) >= 11 is 0. The molecule has 0 saturated carbocycles. The minimum atomic E-state index is -0.684. The van der Waals surface area contributed by atoms with E-state index in [1.807, 2.05) is 13.8 Å². The molecule has 160 valence electrons. The molecule has 8 heteroatoms. The molecule has 0 aliphatic carbocycles. The molecule has 0 aliphatic heterocycles. The minimum absolute atomic E-state index is 0.0677. The van der Waals surface area contributed by atoms with Crippen molar-refractivity contribution >= 4 is 23.5 Å². The van der Waals surface area contributed by atoms with Gasteiger partial charge in [-0.25, -0.2) is 4.79 Å². The lowest BCUT2D eigenvalue weighted by Crippen LogP contribution is -2.30. The Balaban J connectivity index is 1.78. The third-order valence-electron chi connectivity index (χ3n) is 4.25. The van der Waals surface area contributed by atoms with Gasteiger partial charge in [0.2, 0.25) is 0 Å². The molecule has 0 unspecified atom stereocenters. The molecule has 0 aromatic heterocycles. The first-order valence-corrected chi connectivity index (χ1v) is 9.59. The van der Waals surface area contributed by atoms with Crippen LogP contribution in [0, 0.1) is 0 Å². The number of carbonyl (C=O) groups is 3. The monoisotopic (exact) mass is 414 g/mol. The number of methoxy groups -OCH3 is 1. The SMILES string of the molecule is CCN(CC)C(=O)c1ccc(NC(=O)COC(=O)COc2ccccc2OC)cc1. The molecule has 0 radical (unpaired) electrons. The summed E-state index contributed by atoms with van der Waals surface area (Å²) in [6.45, 7) is 4.28. The van der Waals surface area contributed by atoms with E-state index in [9.17, 15) is 14.4 Å². The van der Waals surface area contributed by atoms with Crippen LogP contribution in [-0.2, 0) is 14.3 Å². The van der Waals surface area contributed by atoms with Crippen LogP contribution in [0.3, 0.4) is 0 Å². The average molecular weight is 414 g/mol. The Morgan fingerprint density at radius 3 is 2.13 bits per heavy atom. The summed E-state index contributed by atoms with van der Waals surface area (Å²) < 4.78 is 15.4. The van der Waals surface area contributed by atoms with E-state index in [4.69, 9.17) is 14.2 Å². The molecular weight excluding hydrogens is 388 g/mol. The number of rotatable bonds is 10. The minimum Gasteiger partial charge on any atom is -0.493 e. The fraction of sp³-hybridized carbons (Fsp3) is 0.318. The van der Waals surface area contributed by atoms with Gasteiger partial charge in [-0.05, 0) is 50.2 Å². The Morgan fingerprint density at radius 2 is 1.53 bits per heavy atom. The van der Waals surface area contributed by atoms with Gasteiger partial charge in [0, 0.05) is 24.3 Å². The van der Waals surface area contributed by atoms with E-state index in [0.29, 0.717) is 35.8 Å². The summed E-state index contributed by atoms with van der Waals surface area (Å²) in [6, 6.07) is 13.4. The zero-order valence-corrected chi connectivity index (χ0v) is 17.3. The van der Waals surface area contributed by atoms with Gasteiger partial charge in [-0.1, -0.05) is 12.1 Å². The van der Waals surface area contributed by atoms with Crippen LogP contribution in [0.1, 0.15) is 24.2 Å². The molecule has 2 aromatic carbocycles. The predicted octanol–water partition coefficient (Wildman–Crippen LogP) is 2.74. The molecular formula is C22H26N2O6. The number of nitrogens with one attached hydrogen (secondary N) is 1. The van der Waals surface area contributed by atoms with Gasteiger partial charge in [-0.15, -0.1) is 0 Å². The van der Waals surface area contributed by atoms with Crippen LogP contribution in [0.15, 0.2) is 48.5 Å². The molecule has 0 spiro atoms. The van der Waals surface area contributed by atoms with Crippen molar-refractivity contribution in [3.05, 3.63) is 54.1 Å². The van der Waals surface area contributed by atoms with Gasteiger partial charge in [-0.2, -0.15) is 0 Å². The second-order valence-electron chi connectivity index (χ2n) is 6.20. The largest absolute Gasteiger partial charge is 0.493 e. The summed E-state index contributed by atoms with van der Waals surface area (Å²) in [6.07, 6.45) is 0. The van der Waals surface area contributed by atoms with E-state index in [2.05, 4.69) is 5.32 Å². The molecule has 2 amide bonds. The highest BCUT2D eigenvalue weighted by molar-refractivity contribution is 5.96. The van der Waals surface area contributed by atoms with Gasteiger partial charge in [0.1, 0.15) is 0 Å². The Morgan fingerprint density at radius 1 is 0.900 bits per heavy atom. The number of para-hydroxylation sites is 2. The lowest BCUT2D eigenvalue weighted by Gasteiger charge is -2.18. The molecule has 0 atom stereocenters. The first-order valence-electron chi connectivity index (χ1n) is 9.59. The first kappa shape index (κ1) is 22.7. The Bertz CT molecular complexity index is 862. The second-order valence-corrected chi connectivity index (χ2v) is 6.20. The third kappa shape index (κ3) is 6.51. The summed E-state index contributed by atoms with van der Waals surface area (Å²) in [5, 5.41) is 2.61. The molecule has 0 saturated heterocycles. The first-order chi connectivity index (χ1) is 14.5. The highest BCUT2D eigenvalue weighted by Gasteiger charge is 2.13. The molecule has 1 N–H and O–H groups in total. The van der Waals surface area contributed by atoms with Crippen LogP contribution in [0.5, 0.6) is 11.5 Å². The van der Waals surface area contributed by atoms with E-state index in [0.717, 1.165) is 0 Å². The zero-order chi connectivity index (χ0) is 21.9. The van der Waals surface area contributed by atoms with E-state index < -0.39 is 18.5 Å². The van der Waals surface area contributed by atoms with Gasteiger partial charge in [0.25, 0.3) is 11.8 Å². The van der Waals surface area contributed by atoms with Crippen molar-refractivity contribution < 1.29 is 28.6 Å². The van der Waals surface area contributed by atoms with Crippen LogP contribution in [0.4, 0.5) is 5.69 Å². The number of benzene rings is 2. The van der Waals surface area contributed by atoms with E-state index in [1.54, 1.807) is 53.4 Å². The number of hydrogen-bond acceptors (Lipinski definition) is 6. The number of anilines is 1. The lowest BCUT2D eigenvalue weighted by atomic mass is 10.2. The van der Waals surface area contributed by atoms with Crippen LogP contribution < -0.4 is 14.8 Å². The van der Waals surface area contributed by atoms with E-state index in [-0.39, 0.29) is 12.5 Å². The third-order valence-corrected chi connectivity index (χ3v) is 4.25. The molecule has 8 nitrogen and oxygen atoms in total. The van der Waals surface area contributed by atoms with Crippen LogP contribution in [-0.4, -0.2) is 56.1 Å². The fourth-order valence-corrected chi connectivity index (χ4v) is 2.65. The highest BCUT2D eigenvalue weighted by Crippen LogP contribution is 2.25. The van der Waals surface area contributed by atoms with Crippen molar-refractivity contribution in [2.75, 3.05) is 38.7 Å². The maximum atomic E-state index is 12.3. The lowest BCUT2D eigenvalue weighted by molar-refractivity contribution is -0.149. The van der Waals surface area contributed by atoms with Gasteiger partial charge >= 0.3 is 5.97 Å². The van der Waals surface area contributed by atoms with Crippen LogP contribution in [0.25, 0.3) is 0 Å². The summed E-state index contributed by atoms with van der Waals surface area (Å²) in [5.74, 6) is -0.353. The maximum absolute atomic E-state index is 12.3. The van der Waals surface area contributed by atoms with Gasteiger partial charge < -0.3 is 24.4 Å². The van der Waals surface area contributed by atoms with Crippen molar-refractivity contribution in [1.82, 2.24) is 4.90 Å². The standard InChI is InChI=1S/C22H26N2O6/c1-4-24(5-2)22(27)16-10-12-17(13-11-16)23-20(25)14-30-21(26)15-29-19-9-7-6-8-18(19)28-3/h6-13H,4-5,14-15H2,1-3H3,(H,23,25). The van der Waals surface area contributed by atoms with Gasteiger partial charge in [0.15, 0.2) is 24.7 Å². The number of ether oxygens (including phenoxy) is 3. The van der Waals surface area contributed by atoms with Crippen molar-refractivity contribution in [2.45, 2.75) is 13.8 Å². The Labute approximate surface area is 175 Å². The Hall–Kier alpha value is -3.55. The zero-order valence-electron chi connectivity index (χ0n) is 17.3. The highest BCUT2D eigenvalue weighted by atomic mass is 16.6. The quantitative estimate of drug-likeness (QED) is 0.601. The van der Waals surface area contributed by atoms with E-state index in [1.165, 1.54) is 7.11 Å². The van der Waals surface area contributed by atoms with Gasteiger partial charge in [-0.3, -0.25) is 9.59 Å². The fourth-order valence-electron chi connectivity index (χ4n) is 2.65. The average Bonchev–Trinajstić information content (AvgIpc) is 2.77. The van der Waals surface area contributed by atoms with Gasteiger partial charge in [0.05, 0.1) is 7.11 Å². The number of esters is 1. The molecule has 0 aliphatic rings.